The highest BCUT2D eigenvalue weighted by molar-refractivity contribution is 5.77. The minimum Gasteiger partial charge on any atom is -0.457 e. The molecule has 1 aromatic carbocycles. The molecule has 3 rings (SSSR count). The number of aliphatic hydroxyl groups excluding tert-OH is 1. The van der Waals surface area contributed by atoms with Gasteiger partial charge in [0.25, 0.3) is 0 Å². The third kappa shape index (κ3) is 6.04. The minimum atomic E-state index is -0.786. The molecule has 1 amide bonds. The molecule has 2 heterocycles. The van der Waals surface area contributed by atoms with Crippen molar-refractivity contribution in [3.8, 4) is 0 Å². The molecular weight excluding hydrogens is 402 g/mol. The third-order valence-electron chi connectivity index (χ3n) is 5.62. The van der Waals surface area contributed by atoms with Crippen LogP contribution in [-0.4, -0.2) is 66.8 Å². The number of esters is 1. The largest absolute Gasteiger partial charge is 0.457 e. The van der Waals surface area contributed by atoms with E-state index >= 15 is 0 Å². The fourth-order valence-corrected chi connectivity index (χ4v) is 3.91. The fraction of sp³-hybridized carbons (Fsp3) is 0.652. The first-order valence-electron chi connectivity index (χ1n) is 11.0. The van der Waals surface area contributed by atoms with Gasteiger partial charge in [-0.3, -0.25) is 9.59 Å². The maximum absolute atomic E-state index is 12.1. The Morgan fingerprint density at radius 1 is 1.19 bits per heavy atom. The number of amides is 1. The minimum absolute atomic E-state index is 0.0424. The lowest BCUT2D eigenvalue weighted by molar-refractivity contribution is -0.243. The summed E-state index contributed by atoms with van der Waals surface area (Å²) >= 11 is 0. The highest BCUT2D eigenvalue weighted by Gasteiger charge is 2.53. The van der Waals surface area contributed by atoms with Gasteiger partial charge in [0.05, 0.1) is 25.4 Å². The Balaban J connectivity index is 1.74. The van der Waals surface area contributed by atoms with E-state index in [0.717, 1.165) is 5.56 Å². The summed E-state index contributed by atoms with van der Waals surface area (Å²) in [7, 11) is 0. The second-order valence-electron chi connectivity index (χ2n) is 8.32. The number of hydrogen-bond acceptors (Lipinski definition) is 7. The highest BCUT2D eigenvalue weighted by atomic mass is 16.6. The molecule has 31 heavy (non-hydrogen) atoms. The topological polar surface area (TPSA) is 103 Å². The van der Waals surface area contributed by atoms with Crippen LogP contribution in [-0.2, 0) is 35.1 Å². The lowest BCUT2D eigenvalue weighted by Crippen LogP contribution is -2.59. The van der Waals surface area contributed by atoms with E-state index < -0.39 is 30.4 Å². The molecule has 0 aromatic heterocycles. The Hall–Kier alpha value is -2.00. The summed E-state index contributed by atoms with van der Waals surface area (Å²) < 4.78 is 24.1. The van der Waals surface area contributed by atoms with E-state index in [4.69, 9.17) is 18.9 Å². The zero-order valence-corrected chi connectivity index (χ0v) is 18.4. The van der Waals surface area contributed by atoms with E-state index in [0.29, 0.717) is 19.6 Å². The van der Waals surface area contributed by atoms with Crippen LogP contribution in [0.2, 0.25) is 0 Å². The molecule has 2 fully saturated rings. The normalized spacial score (nSPS) is 30.1. The number of benzene rings is 1. The van der Waals surface area contributed by atoms with Gasteiger partial charge in [-0.25, -0.2) is 0 Å². The van der Waals surface area contributed by atoms with Crippen molar-refractivity contribution < 1.29 is 33.6 Å². The molecule has 2 saturated heterocycles. The molecule has 6 atom stereocenters. The SMILES string of the molecule is CCC(=O)O[C@H]1[C@H](OCc2ccccc2)[C@H]2OC(CNC(=O)C(C)C)C[C@H]2O[C@@H]1CO. The van der Waals surface area contributed by atoms with E-state index in [1.165, 1.54) is 0 Å². The molecular formula is C23H33NO7. The van der Waals surface area contributed by atoms with Gasteiger partial charge in [0.1, 0.15) is 18.3 Å². The molecule has 0 saturated carbocycles. The predicted molar refractivity (Wildman–Crippen MR) is 112 cm³/mol. The second-order valence-corrected chi connectivity index (χ2v) is 8.32. The van der Waals surface area contributed by atoms with Crippen LogP contribution in [0.3, 0.4) is 0 Å². The number of aliphatic hydroxyl groups is 1. The number of rotatable bonds is 9. The van der Waals surface area contributed by atoms with Crippen LogP contribution >= 0.6 is 0 Å². The van der Waals surface area contributed by atoms with Crippen molar-refractivity contribution in [1.29, 1.82) is 0 Å². The summed E-state index contributed by atoms with van der Waals surface area (Å²) in [5.41, 5.74) is 0.977. The zero-order valence-electron chi connectivity index (χ0n) is 18.4. The van der Waals surface area contributed by atoms with E-state index in [1.54, 1.807) is 6.92 Å². The Morgan fingerprint density at radius 3 is 2.58 bits per heavy atom. The standard InChI is InChI=1S/C23H33NO7/c1-4-19(26)31-21-18(12-25)30-17-10-16(11-24-23(27)14(2)3)29-20(17)22(21)28-13-15-8-6-5-7-9-15/h5-9,14,16-18,20-22,25H,4,10-13H2,1-3H3,(H,24,27)/t16?,17-,18-,20+,21-,22-/m1/s1. The van der Waals surface area contributed by atoms with Gasteiger partial charge in [0, 0.05) is 25.3 Å². The Labute approximate surface area is 183 Å². The summed E-state index contributed by atoms with van der Waals surface area (Å²) in [6.07, 6.45) is -2.37. The summed E-state index contributed by atoms with van der Waals surface area (Å²) in [6, 6.07) is 9.68. The van der Waals surface area contributed by atoms with Crippen LogP contribution < -0.4 is 5.32 Å². The van der Waals surface area contributed by atoms with E-state index in [2.05, 4.69) is 5.32 Å². The monoisotopic (exact) mass is 435 g/mol. The number of carbonyl (C=O) groups excluding carboxylic acids is 2. The highest BCUT2D eigenvalue weighted by Crippen LogP contribution is 2.36. The van der Waals surface area contributed by atoms with Crippen LogP contribution in [0.5, 0.6) is 0 Å². The first kappa shape index (κ1) is 23.7. The molecule has 2 aliphatic rings. The molecule has 0 aliphatic carbocycles. The van der Waals surface area contributed by atoms with Crippen molar-refractivity contribution in [2.24, 2.45) is 5.92 Å². The maximum atomic E-state index is 12.1. The van der Waals surface area contributed by atoms with Crippen molar-refractivity contribution in [2.45, 2.75) is 76.8 Å². The maximum Gasteiger partial charge on any atom is 0.305 e. The molecule has 0 bridgehead atoms. The van der Waals surface area contributed by atoms with E-state index in [1.807, 2.05) is 44.2 Å². The average Bonchev–Trinajstić information content (AvgIpc) is 3.19. The summed E-state index contributed by atoms with van der Waals surface area (Å²) in [5, 5.41) is 12.8. The van der Waals surface area contributed by atoms with Gasteiger partial charge in [-0.2, -0.15) is 0 Å². The Kier molecular flexibility index (Phi) is 8.43. The lowest BCUT2D eigenvalue weighted by atomic mass is 9.94. The van der Waals surface area contributed by atoms with Gasteiger partial charge in [0.2, 0.25) is 5.91 Å². The molecule has 2 N–H and O–H groups in total. The molecule has 1 aromatic rings. The van der Waals surface area contributed by atoms with Crippen LogP contribution in [0.1, 0.15) is 39.2 Å². The summed E-state index contributed by atoms with van der Waals surface area (Å²) in [6.45, 7) is 5.75. The number of ether oxygens (including phenoxy) is 4. The van der Waals surface area contributed by atoms with Crippen molar-refractivity contribution in [3.05, 3.63) is 35.9 Å². The Morgan fingerprint density at radius 2 is 1.94 bits per heavy atom. The quantitative estimate of drug-likeness (QED) is 0.568. The number of nitrogens with one attached hydrogen (secondary N) is 1. The smallest absolute Gasteiger partial charge is 0.305 e. The van der Waals surface area contributed by atoms with E-state index in [-0.39, 0.29) is 37.1 Å². The molecule has 8 heteroatoms. The van der Waals surface area contributed by atoms with Gasteiger partial charge in [0.15, 0.2) is 6.10 Å². The van der Waals surface area contributed by atoms with Crippen molar-refractivity contribution in [1.82, 2.24) is 5.32 Å². The first-order chi connectivity index (χ1) is 14.9. The predicted octanol–water partition coefficient (Wildman–Crippen LogP) is 1.58. The van der Waals surface area contributed by atoms with Gasteiger partial charge in [-0.05, 0) is 5.56 Å². The number of fused-ring (bicyclic) bond motifs is 1. The van der Waals surface area contributed by atoms with Gasteiger partial charge in [-0.15, -0.1) is 0 Å². The molecule has 0 spiro atoms. The van der Waals surface area contributed by atoms with Crippen molar-refractivity contribution in [3.63, 3.8) is 0 Å². The summed E-state index contributed by atoms with van der Waals surface area (Å²) in [5.74, 6) is -0.546. The number of hydrogen-bond donors (Lipinski definition) is 2. The van der Waals surface area contributed by atoms with Gasteiger partial charge < -0.3 is 29.4 Å². The van der Waals surface area contributed by atoms with Crippen LogP contribution in [0.25, 0.3) is 0 Å². The average molecular weight is 436 g/mol. The van der Waals surface area contributed by atoms with Crippen molar-refractivity contribution in [2.75, 3.05) is 13.2 Å². The fourth-order valence-electron chi connectivity index (χ4n) is 3.91. The molecule has 8 nitrogen and oxygen atoms in total. The van der Waals surface area contributed by atoms with E-state index in [9.17, 15) is 14.7 Å². The van der Waals surface area contributed by atoms with Crippen LogP contribution in [0, 0.1) is 5.92 Å². The van der Waals surface area contributed by atoms with Crippen molar-refractivity contribution >= 4 is 11.9 Å². The Bertz CT molecular complexity index is 726. The third-order valence-corrected chi connectivity index (χ3v) is 5.62. The van der Waals surface area contributed by atoms with Gasteiger partial charge in [-0.1, -0.05) is 51.1 Å². The molecule has 172 valence electrons. The molecule has 1 unspecified atom stereocenters. The summed E-state index contributed by atoms with van der Waals surface area (Å²) in [4.78, 5) is 24.0. The zero-order chi connectivity index (χ0) is 22.4. The molecule has 2 aliphatic heterocycles. The first-order valence-corrected chi connectivity index (χ1v) is 11.0. The van der Waals surface area contributed by atoms with Crippen LogP contribution in [0.4, 0.5) is 0 Å². The van der Waals surface area contributed by atoms with Gasteiger partial charge >= 0.3 is 5.97 Å². The second kappa shape index (κ2) is 11.0. The number of carbonyl (C=O) groups is 2. The lowest BCUT2D eigenvalue weighted by Gasteiger charge is -2.42. The molecule has 0 radical (unpaired) electrons. The van der Waals surface area contributed by atoms with Crippen LogP contribution in [0.15, 0.2) is 30.3 Å².